The van der Waals surface area contributed by atoms with Crippen molar-refractivity contribution in [2.75, 3.05) is 32.2 Å². The van der Waals surface area contributed by atoms with E-state index < -0.39 is 12.2 Å². The van der Waals surface area contributed by atoms with Crippen molar-refractivity contribution < 1.29 is 14.3 Å². The standard InChI is InChI=1S/C23H28N4O3/c1-16(24-21(28)13-14-30-3)23(29)26-20-15-27(2)19-12-8-7-11-18(19)22(25-20)17-9-5-4-6-10-17/h4-12,16,20H,13-15H2,1-3H3,(H,24,28)(H,26,29)/t16-,20+/m0/s1. The lowest BCUT2D eigenvalue weighted by Gasteiger charge is -2.24. The van der Waals surface area contributed by atoms with E-state index in [4.69, 9.17) is 9.73 Å². The monoisotopic (exact) mass is 408 g/mol. The van der Waals surface area contributed by atoms with Gasteiger partial charge in [0.05, 0.1) is 18.9 Å². The van der Waals surface area contributed by atoms with Crippen LogP contribution in [0.2, 0.25) is 0 Å². The van der Waals surface area contributed by atoms with E-state index in [1.54, 1.807) is 6.92 Å². The fraction of sp³-hybridized carbons (Fsp3) is 0.348. The molecule has 2 atom stereocenters. The smallest absolute Gasteiger partial charge is 0.243 e. The minimum atomic E-state index is -0.666. The number of hydrogen-bond donors (Lipinski definition) is 2. The first-order valence-electron chi connectivity index (χ1n) is 10.0. The van der Waals surface area contributed by atoms with Gasteiger partial charge in [-0.1, -0.05) is 48.5 Å². The lowest BCUT2D eigenvalue weighted by Crippen LogP contribution is -2.50. The molecule has 30 heavy (non-hydrogen) atoms. The number of carbonyl (C=O) groups excluding carboxylic acids is 2. The molecule has 1 aliphatic heterocycles. The Balaban J connectivity index is 1.81. The van der Waals surface area contributed by atoms with E-state index in [1.165, 1.54) is 7.11 Å². The number of fused-ring (bicyclic) bond motifs is 1. The number of rotatable bonds is 7. The Morgan fingerprint density at radius 1 is 1.17 bits per heavy atom. The third-order valence-corrected chi connectivity index (χ3v) is 4.96. The summed E-state index contributed by atoms with van der Waals surface area (Å²) in [6.07, 6.45) is -0.241. The molecule has 0 fully saturated rings. The number of ether oxygens (including phenoxy) is 1. The lowest BCUT2D eigenvalue weighted by molar-refractivity contribution is -0.129. The third-order valence-electron chi connectivity index (χ3n) is 4.96. The van der Waals surface area contributed by atoms with Crippen molar-refractivity contribution in [3.05, 3.63) is 65.7 Å². The molecule has 2 amide bonds. The number of para-hydroxylation sites is 1. The minimum absolute atomic E-state index is 0.214. The van der Waals surface area contributed by atoms with E-state index in [0.29, 0.717) is 13.2 Å². The second kappa shape index (κ2) is 10.0. The van der Waals surface area contributed by atoms with Crippen LogP contribution in [-0.2, 0) is 14.3 Å². The number of benzodiazepines with no additional fused rings is 1. The minimum Gasteiger partial charge on any atom is -0.384 e. The van der Waals surface area contributed by atoms with Crippen molar-refractivity contribution >= 4 is 23.2 Å². The van der Waals surface area contributed by atoms with E-state index in [2.05, 4.69) is 21.6 Å². The first-order chi connectivity index (χ1) is 14.5. The zero-order valence-electron chi connectivity index (χ0n) is 17.6. The summed E-state index contributed by atoms with van der Waals surface area (Å²) in [5.74, 6) is -0.500. The molecule has 0 unspecified atom stereocenters. The predicted octanol–water partition coefficient (Wildman–Crippen LogP) is 1.96. The maximum absolute atomic E-state index is 12.7. The molecule has 0 radical (unpaired) electrons. The number of methoxy groups -OCH3 is 1. The molecule has 0 spiro atoms. The number of amides is 2. The van der Waals surface area contributed by atoms with Gasteiger partial charge < -0.3 is 20.3 Å². The Kier molecular flexibility index (Phi) is 7.19. The van der Waals surface area contributed by atoms with Gasteiger partial charge in [0.2, 0.25) is 11.8 Å². The Morgan fingerprint density at radius 3 is 2.60 bits per heavy atom. The van der Waals surface area contributed by atoms with Crippen molar-refractivity contribution in [1.82, 2.24) is 10.6 Å². The number of anilines is 1. The van der Waals surface area contributed by atoms with Crippen LogP contribution in [0.5, 0.6) is 0 Å². The van der Waals surface area contributed by atoms with Crippen molar-refractivity contribution in [2.24, 2.45) is 4.99 Å². The topological polar surface area (TPSA) is 83.0 Å². The van der Waals surface area contributed by atoms with Gasteiger partial charge in [-0.05, 0) is 13.0 Å². The Hall–Kier alpha value is -3.19. The zero-order chi connectivity index (χ0) is 21.5. The van der Waals surface area contributed by atoms with Crippen LogP contribution in [0.25, 0.3) is 0 Å². The molecule has 7 heteroatoms. The largest absolute Gasteiger partial charge is 0.384 e. The number of nitrogens with one attached hydrogen (secondary N) is 2. The average Bonchev–Trinajstić information content (AvgIpc) is 2.89. The highest BCUT2D eigenvalue weighted by Gasteiger charge is 2.25. The summed E-state index contributed by atoms with van der Waals surface area (Å²) in [4.78, 5) is 31.6. The average molecular weight is 409 g/mol. The Bertz CT molecular complexity index is 914. The zero-order valence-corrected chi connectivity index (χ0v) is 17.6. The van der Waals surface area contributed by atoms with E-state index in [9.17, 15) is 9.59 Å². The summed E-state index contributed by atoms with van der Waals surface area (Å²) in [6, 6.07) is 17.3. The van der Waals surface area contributed by atoms with Gasteiger partial charge in [0.25, 0.3) is 0 Å². The van der Waals surface area contributed by atoms with Crippen LogP contribution < -0.4 is 15.5 Å². The summed E-state index contributed by atoms with van der Waals surface area (Å²) >= 11 is 0. The molecule has 0 saturated carbocycles. The van der Waals surface area contributed by atoms with Gasteiger partial charge in [0.15, 0.2) is 0 Å². The van der Waals surface area contributed by atoms with Gasteiger partial charge in [-0.25, -0.2) is 0 Å². The van der Waals surface area contributed by atoms with Crippen LogP contribution >= 0.6 is 0 Å². The summed E-state index contributed by atoms with van der Waals surface area (Å²) < 4.78 is 4.90. The van der Waals surface area contributed by atoms with Gasteiger partial charge in [-0.2, -0.15) is 0 Å². The quantitative estimate of drug-likeness (QED) is 0.734. The Morgan fingerprint density at radius 2 is 1.87 bits per heavy atom. The van der Waals surface area contributed by atoms with Crippen molar-refractivity contribution in [1.29, 1.82) is 0 Å². The molecular weight excluding hydrogens is 380 g/mol. The lowest BCUT2D eigenvalue weighted by atomic mass is 10.0. The molecule has 158 valence electrons. The van der Waals surface area contributed by atoms with Crippen LogP contribution in [0, 0.1) is 0 Å². The maximum atomic E-state index is 12.7. The summed E-state index contributed by atoms with van der Waals surface area (Å²) in [5, 5.41) is 5.67. The highest BCUT2D eigenvalue weighted by Crippen LogP contribution is 2.26. The van der Waals surface area contributed by atoms with Gasteiger partial charge in [-0.15, -0.1) is 0 Å². The molecule has 1 aliphatic rings. The molecule has 7 nitrogen and oxygen atoms in total. The molecule has 3 rings (SSSR count). The van der Waals surface area contributed by atoms with E-state index in [-0.39, 0.29) is 18.2 Å². The Labute approximate surface area is 177 Å². The first kappa shape index (κ1) is 21.5. The number of carbonyl (C=O) groups is 2. The highest BCUT2D eigenvalue weighted by atomic mass is 16.5. The SMILES string of the molecule is COCCC(=O)N[C@@H](C)C(=O)N[C@@H]1CN(C)c2ccccc2C(c2ccccc2)=N1. The fourth-order valence-corrected chi connectivity index (χ4v) is 3.40. The molecule has 2 N–H and O–H groups in total. The molecule has 1 heterocycles. The molecule has 2 aromatic carbocycles. The molecule has 0 aromatic heterocycles. The van der Waals surface area contributed by atoms with Crippen LogP contribution in [0.1, 0.15) is 24.5 Å². The van der Waals surface area contributed by atoms with Gasteiger partial charge in [0, 0.05) is 37.4 Å². The summed E-state index contributed by atoms with van der Waals surface area (Å²) in [7, 11) is 3.52. The molecule has 0 aliphatic carbocycles. The number of hydrogen-bond acceptors (Lipinski definition) is 5. The maximum Gasteiger partial charge on any atom is 0.243 e. The van der Waals surface area contributed by atoms with Crippen molar-refractivity contribution in [3.8, 4) is 0 Å². The van der Waals surface area contributed by atoms with E-state index >= 15 is 0 Å². The van der Waals surface area contributed by atoms with Crippen molar-refractivity contribution in [2.45, 2.75) is 25.6 Å². The van der Waals surface area contributed by atoms with E-state index in [1.807, 2.05) is 55.6 Å². The van der Waals surface area contributed by atoms with Gasteiger partial charge in [-0.3, -0.25) is 14.6 Å². The van der Waals surface area contributed by atoms with Crippen LogP contribution in [0.3, 0.4) is 0 Å². The second-order valence-corrected chi connectivity index (χ2v) is 7.30. The van der Waals surface area contributed by atoms with E-state index in [0.717, 1.165) is 22.5 Å². The predicted molar refractivity (Wildman–Crippen MR) is 118 cm³/mol. The fourth-order valence-electron chi connectivity index (χ4n) is 3.40. The van der Waals surface area contributed by atoms with Gasteiger partial charge in [0.1, 0.15) is 12.2 Å². The summed E-state index contributed by atoms with van der Waals surface area (Å²) in [6.45, 7) is 2.50. The number of likely N-dealkylation sites (N-methyl/N-ethyl adjacent to an activating group) is 1. The normalized spacial score (nSPS) is 16.7. The number of aliphatic imine (C=N–C) groups is 1. The molecule has 0 saturated heterocycles. The molecule has 2 aromatic rings. The summed E-state index contributed by atoms with van der Waals surface area (Å²) in [5.41, 5.74) is 3.89. The second-order valence-electron chi connectivity index (χ2n) is 7.30. The highest BCUT2D eigenvalue weighted by molar-refractivity contribution is 6.16. The van der Waals surface area contributed by atoms with Crippen LogP contribution in [-0.4, -0.2) is 57.0 Å². The van der Waals surface area contributed by atoms with Crippen LogP contribution in [0.15, 0.2) is 59.6 Å². The molecule has 0 bridgehead atoms. The number of benzene rings is 2. The van der Waals surface area contributed by atoms with Gasteiger partial charge >= 0.3 is 0 Å². The van der Waals surface area contributed by atoms with Crippen molar-refractivity contribution in [3.63, 3.8) is 0 Å². The first-order valence-corrected chi connectivity index (χ1v) is 10.0. The van der Waals surface area contributed by atoms with Crippen LogP contribution in [0.4, 0.5) is 5.69 Å². The molecular formula is C23H28N4O3. The number of nitrogens with zero attached hydrogens (tertiary/aromatic N) is 2. The third kappa shape index (κ3) is 5.24.